The van der Waals surface area contributed by atoms with Crippen LogP contribution in [0, 0.1) is 0 Å². The number of rotatable bonds is 5. The fourth-order valence-corrected chi connectivity index (χ4v) is 3.92. The second kappa shape index (κ2) is 7.28. The van der Waals surface area contributed by atoms with Gasteiger partial charge in [0.2, 0.25) is 0 Å². The Morgan fingerprint density at radius 2 is 1.88 bits per heavy atom. The number of pyridine rings is 1. The average Bonchev–Trinajstić information content (AvgIpc) is 2.57. The third-order valence-corrected chi connectivity index (χ3v) is 5.20. The van der Waals surface area contributed by atoms with Gasteiger partial charge in [0.05, 0.1) is 6.61 Å². The van der Waals surface area contributed by atoms with Crippen molar-refractivity contribution in [2.24, 2.45) is 0 Å². The van der Waals surface area contributed by atoms with Crippen LogP contribution in [-0.4, -0.2) is 72.3 Å². The highest BCUT2D eigenvalue weighted by Crippen LogP contribution is 2.28. The highest BCUT2D eigenvalue weighted by molar-refractivity contribution is 5.94. The topological polar surface area (TPSA) is 42.8 Å². The van der Waals surface area contributed by atoms with Gasteiger partial charge in [0.25, 0.3) is 0 Å². The summed E-state index contributed by atoms with van der Waals surface area (Å²) in [6.07, 6.45) is 2.03. The van der Waals surface area contributed by atoms with Crippen molar-refractivity contribution in [1.29, 1.82) is 0 Å². The first kappa shape index (κ1) is 18.1. The molecule has 3 rings (SSSR count). The van der Waals surface area contributed by atoms with Crippen molar-refractivity contribution in [3.05, 3.63) is 36.0 Å². The Hall–Kier alpha value is -1.69. The Kier molecular flexibility index (Phi) is 5.27. The van der Waals surface area contributed by atoms with E-state index in [0.29, 0.717) is 0 Å². The molecule has 1 aromatic carbocycles. The molecule has 2 aromatic rings. The summed E-state index contributed by atoms with van der Waals surface area (Å²) in [5, 5.41) is 11.8. The molecule has 1 aliphatic heterocycles. The van der Waals surface area contributed by atoms with E-state index in [1.807, 2.05) is 20.3 Å². The van der Waals surface area contributed by atoms with Crippen LogP contribution < -0.4 is 4.90 Å². The van der Waals surface area contributed by atoms with Crippen LogP contribution in [0.5, 0.6) is 0 Å². The maximum Gasteiger partial charge on any atom is 0.135 e. The Morgan fingerprint density at radius 1 is 1.16 bits per heavy atom. The van der Waals surface area contributed by atoms with Crippen molar-refractivity contribution in [1.82, 2.24) is 14.8 Å². The Bertz CT molecular complexity index is 729. The molecule has 0 atom stereocenters. The van der Waals surface area contributed by atoms with E-state index in [2.05, 4.69) is 52.8 Å². The van der Waals surface area contributed by atoms with Crippen molar-refractivity contribution in [3.8, 4) is 0 Å². The Labute approximate surface area is 150 Å². The van der Waals surface area contributed by atoms with Crippen molar-refractivity contribution in [2.75, 3.05) is 51.8 Å². The quantitative estimate of drug-likeness (QED) is 0.902. The molecule has 0 spiro atoms. The minimum Gasteiger partial charge on any atom is -0.395 e. The minimum absolute atomic E-state index is 0.0772. The molecule has 1 saturated heterocycles. The highest BCUT2D eigenvalue weighted by atomic mass is 16.3. The zero-order chi connectivity index (χ0) is 18.0. The minimum atomic E-state index is 0.0772. The molecule has 0 radical (unpaired) electrons. The van der Waals surface area contributed by atoms with E-state index in [4.69, 9.17) is 4.98 Å². The molecule has 0 bridgehead atoms. The summed E-state index contributed by atoms with van der Waals surface area (Å²) in [5.41, 5.74) is 1.36. The van der Waals surface area contributed by atoms with Crippen LogP contribution in [0.1, 0.15) is 19.4 Å². The van der Waals surface area contributed by atoms with E-state index >= 15 is 0 Å². The van der Waals surface area contributed by atoms with Gasteiger partial charge in [-0.15, -0.1) is 0 Å². The first-order valence-corrected chi connectivity index (χ1v) is 9.04. The maximum absolute atomic E-state index is 9.27. The van der Waals surface area contributed by atoms with E-state index in [0.717, 1.165) is 38.5 Å². The summed E-state index contributed by atoms with van der Waals surface area (Å²) in [6.45, 7) is 9.43. The molecular formula is C20H30N4O. The number of β-amino-alcohol motifs (C(OH)–C–C–N with tert-alkyl or cyclic N) is 1. The monoisotopic (exact) mass is 342 g/mol. The molecule has 1 N–H and O–H groups in total. The predicted octanol–water partition coefficient (Wildman–Crippen LogP) is 2.19. The van der Waals surface area contributed by atoms with E-state index in [-0.39, 0.29) is 12.1 Å². The van der Waals surface area contributed by atoms with Crippen molar-refractivity contribution in [3.63, 3.8) is 0 Å². The molecule has 1 aromatic heterocycles. The number of hydrogen-bond acceptors (Lipinski definition) is 5. The lowest BCUT2D eigenvalue weighted by Gasteiger charge is -2.47. The van der Waals surface area contributed by atoms with Gasteiger partial charge in [-0.25, -0.2) is 4.98 Å². The lowest BCUT2D eigenvalue weighted by molar-refractivity contribution is 0.00650. The fourth-order valence-electron chi connectivity index (χ4n) is 3.92. The number of anilines is 1. The number of benzene rings is 1. The first-order chi connectivity index (χ1) is 11.9. The second-order valence-corrected chi connectivity index (χ2v) is 7.78. The second-order valence-electron chi connectivity index (χ2n) is 7.78. The third kappa shape index (κ3) is 3.78. The molecule has 0 amide bonds. The molecule has 0 unspecified atom stereocenters. The van der Waals surface area contributed by atoms with E-state index in [1.165, 1.54) is 16.3 Å². The van der Waals surface area contributed by atoms with Gasteiger partial charge in [0.1, 0.15) is 5.82 Å². The van der Waals surface area contributed by atoms with Crippen LogP contribution in [-0.2, 0) is 6.54 Å². The lowest BCUT2D eigenvalue weighted by atomic mass is 9.98. The Morgan fingerprint density at radius 3 is 2.52 bits per heavy atom. The van der Waals surface area contributed by atoms with Gasteiger partial charge in [0.15, 0.2) is 0 Å². The number of aromatic nitrogens is 1. The van der Waals surface area contributed by atoms with Crippen LogP contribution >= 0.6 is 0 Å². The zero-order valence-electron chi connectivity index (χ0n) is 15.9. The Balaban J connectivity index is 1.84. The summed E-state index contributed by atoms with van der Waals surface area (Å²) < 4.78 is 0. The number of nitrogens with zero attached hydrogens (tertiary/aromatic N) is 4. The molecule has 5 nitrogen and oxygen atoms in total. The number of piperazine rings is 1. The smallest absolute Gasteiger partial charge is 0.135 e. The van der Waals surface area contributed by atoms with Gasteiger partial charge < -0.3 is 10.0 Å². The fraction of sp³-hybridized carbons (Fsp3) is 0.550. The molecule has 0 aliphatic carbocycles. The lowest BCUT2D eigenvalue weighted by Crippen LogP contribution is -2.59. The maximum atomic E-state index is 9.27. The van der Waals surface area contributed by atoms with Gasteiger partial charge >= 0.3 is 0 Å². The SMILES string of the molecule is CN(C)c1ncc(CN2CCN(CCO)C(C)(C)C2)c2ccccc12. The molecule has 1 fully saturated rings. The largest absolute Gasteiger partial charge is 0.395 e. The van der Waals surface area contributed by atoms with E-state index < -0.39 is 0 Å². The molecule has 5 heteroatoms. The first-order valence-electron chi connectivity index (χ1n) is 9.04. The van der Waals surface area contributed by atoms with Gasteiger partial charge in [-0.2, -0.15) is 0 Å². The van der Waals surface area contributed by atoms with Crippen molar-refractivity contribution in [2.45, 2.75) is 25.9 Å². The normalized spacial score (nSPS) is 18.6. The number of aliphatic hydroxyl groups is 1. The van der Waals surface area contributed by atoms with Gasteiger partial charge in [-0.1, -0.05) is 24.3 Å². The summed E-state index contributed by atoms with van der Waals surface area (Å²) in [4.78, 5) is 11.7. The summed E-state index contributed by atoms with van der Waals surface area (Å²) in [7, 11) is 4.08. The molecule has 1 aliphatic rings. The molecule has 25 heavy (non-hydrogen) atoms. The number of aliphatic hydroxyl groups excluding tert-OH is 1. The molecule has 136 valence electrons. The molecule has 2 heterocycles. The highest BCUT2D eigenvalue weighted by Gasteiger charge is 2.33. The summed E-state index contributed by atoms with van der Waals surface area (Å²) in [5.74, 6) is 1.02. The van der Waals surface area contributed by atoms with Crippen LogP contribution in [0.4, 0.5) is 5.82 Å². The van der Waals surface area contributed by atoms with Gasteiger partial charge in [-0.05, 0) is 24.8 Å². The van der Waals surface area contributed by atoms with Gasteiger partial charge in [0, 0.05) is 63.9 Å². The standard InChI is InChI=1S/C20H30N4O/c1-20(2)15-23(9-10-24(20)11-12-25)14-16-13-21-19(22(3)4)18-8-6-5-7-17(16)18/h5-8,13,25H,9-12,14-15H2,1-4H3. The van der Waals surface area contributed by atoms with Crippen LogP contribution in [0.3, 0.4) is 0 Å². The van der Waals surface area contributed by atoms with Crippen LogP contribution in [0.2, 0.25) is 0 Å². The van der Waals surface area contributed by atoms with Crippen LogP contribution in [0.15, 0.2) is 30.5 Å². The van der Waals surface area contributed by atoms with Gasteiger partial charge in [-0.3, -0.25) is 9.80 Å². The number of fused-ring (bicyclic) bond motifs is 1. The molecular weight excluding hydrogens is 312 g/mol. The van der Waals surface area contributed by atoms with Crippen LogP contribution in [0.25, 0.3) is 10.8 Å². The zero-order valence-corrected chi connectivity index (χ0v) is 15.9. The van der Waals surface area contributed by atoms with Crippen molar-refractivity contribution < 1.29 is 5.11 Å². The summed E-state index contributed by atoms with van der Waals surface area (Å²) in [6, 6.07) is 8.54. The molecule has 0 saturated carbocycles. The predicted molar refractivity (Wildman–Crippen MR) is 104 cm³/mol. The van der Waals surface area contributed by atoms with E-state index in [9.17, 15) is 5.11 Å². The summed E-state index contributed by atoms with van der Waals surface area (Å²) >= 11 is 0. The van der Waals surface area contributed by atoms with E-state index in [1.54, 1.807) is 0 Å². The average molecular weight is 342 g/mol. The number of hydrogen-bond donors (Lipinski definition) is 1. The van der Waals surface area contributed by atoms with Crippen molar-refractivity contribution >= 4 is 16.6 Å². The third-order valence-electron chi connectivity index (χ3n) is 5.20.